The fourth-order valence-corrected chi connectivity index (χ4v) is 0.696. The minimum Gasteiger partial charge on any atom is -0.297 e. The summed E-state index contributed by atoms with van der Waals surface area (Å²) in [5.74, 6) is 0. The summed E-state index contributed by atoms with van der Waals surface area (Å²) in [5.41, 5.74) is -0.542. The molecule has 0 atom stereocenters. The summed E-state index contributed by atoms with van der Waals surface area (Å²) in [5, 5.41) is 0. The van der Waals surface area contributed by atoms with Crippen molar-refractivity contribution in [3.05, 3.63) is 0 Å². The minimum atomic E-state index is -0.542. The molecule has 0 amide bonds. The van der Waals surface area contributed by atoms with Crippen LogP contribution in [0.5, 0.6) is 0 Å². The average molecular weight is 121 g/mol. The normalized spacial score (nSPS) is 22.9. The largest absolute Gasteiger partial charge is 0.527 e. The molecule has 1 heterocycles. The van der Waals surface area contributed by atoms with Crippen LogP contribution < -0.4 is 0 Å². The molecule has 0 aromatic rings. The summed E-state index contributed by atoms with van der Waals surface area (Å²) < 4.78 is 19.3. The zero-order valence-corrected chi connectivity index (χ0v) is 4.44. The number of rotatable bonds is 1. The van der Waals surface area contributed by atoms with Gasteiger partial charge in [0.2, 0.25) is 0 Å². The zero-order valence-electron chi connectivity index (χ0n) is 3.62. The van der Waals surface area contributed by atoms with Crippen LogP contribution >= 0.6 is 0 Å². The van der Waals surface area contributed by atoms with E-state index in [4.69, 9.17) is 9.47 Å². The monoisotopic (exact) mass is 121 g/mol. The van der Waals surface area contributed by atoms with Crippen molar-refractivity contribution in [1.82, 2.24) is 0 Å². The van der Waals surface area contributed by atoms with Crippen molar-refractivity contribution < 1.29 is 13.7 Å². The van der Waals surface area contributed by atoms with E-state index in [-0.39, 0.29) is 0 Å². The highest BCUT2D eigenvalue weighted by molar-refractivity contribution is 7.65. The number of hydrogen-bond acceptors (Lipinski definition) is 3. The Kier molecular flexibility index (Phi) is 1.67. The van der Waals surface area contributed by atoms with E-state index in [2.05, 4.69) is 0 Å². The number of hydrogen-bond donors (Lipinski definition) is 0. The third-order valence-electron chi connectivity index (χ3n) is 0.670. The van der Waals surface area contributed by atoms with Crippen LogP contribution in [0.2, 0.25) is 0 Å². The first-order valence-electron chi connectivity index (χ1n) is 1.95. The van der Waals surface area contributed by atoms with Crippen LogP contribution in [0.25, 0.3) is 0 Å². The van der Waals surface area contributed by atoms with Gasteiger partial charge in [0.1, 0.15) is 0 Å². The molecule has 0 spiro atoms. The van der Waals surface area contributed by atoms with E-state index < -0.39 is 5.62 Å². The number of ether oxygens (including phenoxy) is 2. The van der Waals surface area contributed by atoms with Crippen molar-refractivity contribution in [3.63, 3.8) is 0 Å². The molecular formula is C3H5O3S+. The van der Waals surface area contributed by atoms with Gasteiger partial charge in [-0.05, 0) is 0 Å². The second-order valence-corrected chi connectivity index (χ2v) is 1.70. The van der Waals surface area contributed by atoms with Crippen molar-refractivity contribution in [2.45, 2.75) is 5.62 Å². The molecular weight excluding hydrogens is 116 g/mol. The second-order valence-electron chi connectivity index (χ2n) is 1.13. The van der Waals surface area contributed by atoms with Crippen LogP contribution in [0, 0.1) is 0 Å². The fourth-order valence-electron chi connectivity index (χ4n) is 0.392. The second kappa shape index (κ2) is 2.30. The van der Waals surface area contributed by atoms with Gasteiger partial charge in [-0.15, -0.1) is 0 Å². The van der Waals surface area contributed by atoms with Crippen LogP contribution in [0.4, 0.5) is 0 Å². The smallest absolute Gasteiger partial charge is 0.297 e. The highest BCUT2D eigenvalue weighted by Crippen LogP contribution is 2.00. The lowest BCUT2D eigenvalue weighted by atomic mass is 10.8. The Morgan fingerprint density at radius 2 is 2.00 bits per heavy atom. The Balaban J connectivity index is 2.26. The third kappa shape index (κ3) is 1.15. The third-order valence-corrected chi connectivity index (χ3v) is 1.10. The Morgan fingerprint density at radius 3 is 2.29 bits per heavy atom. The molecule has 1 aliphatic rings. The molecule has 0 aromatic carbocycles. The minimum absolute atomic E-state index is 0.338. The Labute approximate surface area is 45.1 Å². The zero-order chi connectivity index (χ0) is 5.11. The Morgan fingerprint density at radius 1 is 1.43 bits per heavy atom. The molecule has 0 bridgehead atoms. The first-order valence-corrected chi connectivity index (χ1v) is 2.76. The molecule has 0 aliphatic carbocycles. The molecule has 0 N–H and O–H groups in total. The van der Waals surface area contributed by atoms with E-state index in [1.807, 2.05) is 0 Å². The predicted molar refractivity (Wildman–Crippen MR) is 23.7 cm³/mol. The summed E-state index contributed by atoms with van der Waals surface area (Å²) >= 11 is 0.338. The van der Waals surface area contributed by atoms with Crippen molar-refractivity contribution in [3.8, 4) is 0 Å². The average Bonchev–Trinajstić information content (AvgIpc) is 2.14. The van der Waals surface area contributed by atoms with Crippen LogP contribution in [0.1, 0.15) is 0 Å². The molecule has 1 rings (SSSR count). The van der Waals surface area contributed by atoms with Crippen LogP contribution in [-0.4, -0.2) is 18.8 Å². The first kappa shape index (κ1) is 5.08. The van der Waals surface area contributed by atoms with Gasteiger partial charge in [-0.2, -0.15) is 0 Å². The molecule has 0 saturated carbocycles. The van der Waals surface area contributed by atoms with Gasteiger partial charge in [0.05, 0.1) is 13.2 Å². The van der Waals surface area contributed by atoms with E-state index in [9.17, 15) is 4.21 Å². The Bertz CT molecular complexity index is 68.6. The highest BCUT2D eigenvalue weighted by atomic mass is 32.1. The molecule has 0 radical (unpaired) electrons. The van der Waals surface area contributed by atoms with E-state index in [1.165, 1.54) is 0 Å². The summed E-state index contributed by atoms with van der Waals surface area (Å²) in [6.45, 7) is 1.11. The molecule has 3 nitrogen and oxygen atoms in total. The van der Waals surface area contributed by atoms with E-state index >= 15 is 0 Å². The van der Waals surface area contributed by atoms with Crippen LogP contribution in [0.3, 0.4) is 0 Å². The summed E-state index contributed by atoms with van der Waals surface area (Å²) in [6.07, 6.45) is 0. The molecule has 4 heteroatoms. The van der Waals surface area contributed by atoms with Gasteiger partial charge in [0.15, 0.2) is 0 Å². The van der Waals surface area contributed by atoms with Gasteiger partial charge in [-0.1, -0.05) is 0 Å². The van der Waals surface area contributed by atoms with E-state index in [0.717, 1.165) is 0 Å². The summed E-state index contributed by atoms with van der Waals surface area (Å²) in [7, 11) is 0. The van der Waals surface area contributed by atoms with Gasteiger partial charge in [-0.25, -0.2) is 0 Å². The standard InChI is InChI=1S/C3H5O3S/c4-7-3-5-1-2-6-3/h3H,1-2H2/q+1. The fraction of sp³-hybridized carbons (Fsp3) is 1.00. The van der Waals surface area contributed by atoms with E-state index in [1.54, 1.807) is 0 Å². The first-order chi connectivity index (χ1) is 3.43. The van der Waals surface area contributed by atoms with Crippen LogP contribution in [-0.2, 0) is 25.3 Å². The summed E-state index contributed by atoms with van der Waals surface area (Å²) in [4.78, 5) is 0. The molecule has 0 aromatic heterocycles. The quantitative estimate of drug-likeness (QED) is 0.448. The lowest BCUT2D eigenvalue weighted by Crippen LogP contribution is -2.02. The Hall–Kier alpha value is -0.0600. The molecule has 7 heavy (non-hydrogen) atoms. The van der Waals surface area contributed by atoms with Gasteiger partial charge in [0.25, 0.3) is 0 Å². The molecule has 40 valence electrons. The summed E-state index contributed by atoms with van der Waals surface area (Å²) in [6, 6.07) is 0. The molecule has 0 unspecified atom stereocenters. The van der Waals surface area contributed by atoms with Crippen LogP contribution in [0.15, 0.2) is 0 Å². The SMILES string of the molecule is O=[S+]C1OCCO1. The topological polar surface area (TPSA) is 35.5 Å². The van der Waals surface area contributed by atoms with Gasteiger partial charge in [-0.3, -0.25) is 9.47 Å². The van der Waals surface area contributed by atoms with Gasteiger partial charge in [0, 0.05) is 4.21 Å². The molecule has 1 aliphatic heterocycles. The maximum Gasteiger partial charge on any atom is 0.527 e. The lowest BCUT2D eigenvalue weighted by molar-refractivity contribution is 0.0319. The maximum atomic E-state index is 9.80. The highest BCUT2D eigenvalue weighted by Gasteiger charge is 2.27. The van der Waals surface area contributed by atoms with Gasteiger partial charge < -0.3 is 0 Å². The molecule has 1 fully saturated rings. The van der Waals surface area contributed by atoms with Crippen molar-refractivity contribution in [2.75, 3.05) is 13.2 Å². The van der Waals surface area contributed by atoms with Crippen molar-refractivity contribution in [2.24, 2.45) is 0 Å². The van der Waals surface area contributed by atoms with Crippen molar-refractivity contribution >= 4 is 11.7 Å². The molecule has 1 saturated heterocycles. The maximum absolute atomic E-state index is 9.80. The lowest BCUT2D eigenvalue weighted by Gasteiger charge is -1.79. The van der Waals surface area contributed by atoms with E-state index in [0.29, 0.717) is 24.9 Å². The predicted octanol–water partition coefficient (Wildman–Crippen LogP) is -0.255. The van der Waals surface area contributed by atoms with Crippen molar-refractivity contribution in [1.29, 1.82) is 0 Å². The van der Waals surface area contributed by atoms with Gasteiger partial charge >= 0.3 is 17.3 Å².